The number of amides is 4. The number of hydrogen-bond donors (Lipinski definition) is 2. The first-order valence-electron chi connectivity index (χ1n) is 16.1. The molecule has 1 saturated carbocycles. The Bertz CT molecular complexity index is 1960. The van der Waals surface area contributed by atoms with Crippen LogP contribution in [-0.2, 0) is 24.0 Å². The number of nitrogens with zero attached hydrogens (tertiary/aromatic N) is 2. The molecule has 6 atom stereocenters. The highest BCUT2D eigenvalue weighted by Gasteiger charge is 2.76. The first-order chi connectivity index (χ1) is 24.5. The lowest BCUT2D eigenvalue weighted by atomic mass is 9.57. The molecule has 2 heterocycles. The second kappa shape index (κ2) is 13.5. The Hall–Kier alpha value is -4.50. The summed E-state index contributed by atoms with van der Waals surface area (Å²) in [6.07, 6.45) is 4.60. The van der Waals surface area contributed by atoms with Gasteiger partial charge in [0, 0.05) is 18.9 Å². The highest BCUT2D eigenvalue weighted by molar-refractivity contribution is 6.58. The van der Waals surface area contributed by atoms with E-state index in [-0.39, 0.29) is 41.4 Å². The van der Waals surface area contributed by atoms with Crippen LogP contribution < -0.4 is 9.64 Å². The smallest absolute Gasteiger partial charge is 0.303 e. The Morgan fingerprint density at radius 1 is 0.942 bits per heavy atom. The van der Waals surface area contributed by atoms with E-state index in [1.165, 1.54) is 37.5 Å². The number of phenols is 1. The maximum atomic E-state index is 15.2. The summed E-state index contributed by atoms with van der Waals surface area (Å²) >= 11 is 14.1. The molecular weight excluding hydrogens is 742 g/mol. The average molecular weight is 772 g/mol. The van der Waals surface area contributed by atoms with Crippen LogP contribution in [0.5, 0.6) is 11.5 Å². The van der Waals surface area contributed by atoms with E-state index in [4.69, 9.17) is 33.0 Å². The Balaban J connectivity index is 1.45. The lowest BCUT2D eigenvalue weighted by Gasteiger charge is -2.49. The zero-order chi connectivity index (χ0) is 38.0. The van der Waals surface area contributed by atoms with Crippen LogP contribution in [0, 0.1) is 52.8 Å². The summed E-state index contributed by atoms with van der Waals surface area (Å²) < 4.78 is 78.3. The molecule has 2 saturated heterocycles. The number of carboxylic acids is 1. The molecule has 17 heteroatoms. The van der Waals surface area contributed by atoms with Crippen molar-refractivity contribution in [1.29, 1.82) is 0 Å². The molecule has 0 radical (unpaired) electrons. The van der Waals surface area contributed by atoms with Crippen molar-refractivity contribution >= 4 is 64.6 Å². The maximum Gasteiger partial charge on any atom is 0.303 e. The van der Waals surface area contributed by atoms with Crippen LogP contribution in [0.3, 0.4) is 0 Å². The molecular formula is C35H29Cl2F5N2O8. The standard InChI is InChI=1S/C35H29Cl2F5N2O8/c1-52-21-13-15(7-11-20(21)45)6-10-19-16-8-9-17-23(31(49)43(30(17)48)12-4-2-3-5-22(46)47)18(16)14-34(36)32(50)44(33(51)35(19,34)37)29-27(41)25(39)24(38)26(40)28(29)42/h6-8,10-11,13,17-19,23,45H,2-5,9,12,14H2,1H3,(H,46,47)/t17-,18+,19-,23-,34+,35-/m0/s1. The first-order valence-corrected chi connectivity index (χ1v) is 16.9. The van der Waals surface area contributed by atoms with Crippen molar-refractivity contribution in [2.75, 3.05) is 18.6 Å². The van der Waals surface area contributed by atoms with Gasteiger partial charge in [-0.25, -0.2) is 26.9 Å². The number of phenolic OH excluding ortho intramolecular Hbond substituents is 1. The summed E-state index contributed by atoms with van der Waals surface area (Å²) in [6, 6.07) is 4.15. The van der Waals surface area contributed by atoms with Crippen molar-refractivity contribution in [2.24, 2.45) is 23.7 Å². The number of carboxylic acid groups (broad SMARTS) is 1. The minimum atomic E-state index is -2.66. The third kappa shape index (κ3) is 5.46. The summed E-state index contributed by atoms with van der Waals surface area (Å²) in [4.78, 5) is 62.3. The van der Waals surface area contributed by atoms with Gasteiger partial charge >= 0.3 is 5.97 Å². The minimum Gasteiger partial charge on any atom is -0.504 e. The van der Waals surface area contributed by atoms with Gasteiger partial charge < -0.3 is 14.9 Å². The number of benzene rings is 2. The molecule has 10 nitrogen and oxygen atoms in total. The first kappa shape index (κ1) is 37.3. The van der Waals surface area contributed by atoms with Gasteiger partial charge in [-0.3, -0.25) is 28.9 Å². The van der Waals surface area contributed by atoms with Gasteiger partial charge in [0.25, 0.3) is 11.8 Å². The zero-order valence-electron chi connectivity index (χ0n) is 27.1. The van der Waals surface area contributed by atoms with Crippen LogP contribution in [0.4, 0.5) is 27.6 Å². The van der Waals surface area contributed by atoms with Crippen LogP contribution in [0.25, 0.3) is 6.08 Å². The van der Waals surface area contributed by atoms with Gasteiger partial charge in [0.1, 0.15) is 5.69 Å². The van der Waals surface area contributed by atoms with Crippen LogP contribution in [0.1, 0.15) is 44.1 Å². The van der Waals surface area contributed by atoms with Crippen molar-refractivity contribution in [3.05, 3.63) is 70.6 Å². The molecule has 2 aliphatic carbocycles. The fraction of sp³-hybridized carbons (Fsp3) is 0.400. The molecule has 0 unspecified atom stereocenters. The molecule has 0 bridgehead atoms. The number of hydrogen-bond acceptors (Lipinski definition) is 7. The summed E-state index contributed by atoms with van der Waals surface area (Å²) in [5.74, 6) is -22.4. The summed E-state index contributed by atoms with van der Waals surface area (Å²) in [5.41, 5.74) is -1.23. The predicted molar refractivity (Wildman–Crippen MR) is 174 cm³/mol. The molecule has 4 amide bonds. The molecule has 2 aromatic rings. The summed E-state index contributed by atoms with van der Waals surface area (Å²) in [7, 11) is 1.29. The highest BCUT2D eigenvalue weighted by atomic mass is 35.5. The topological polar surface area (TPSA) is 142 Å². The Kier molecular flexibility index (Phi) is 9.66. The molecule has 2 N–H and O–H groups in total. The Morgan fingerprint density at radius 2 is 1.60 bits per heavy atom. The number of alkyl halides is 2. The number of allylic oxidation sites excluding steroid dienone is 3. The fourth-order valence-electron chi connectivity index (χ4n) is 7.83. The van der Waals surface area contributed by atoms with Crippen LogP contribution in [-0.4, -0.2) is 68.1 Å². The van der Waals surface area contributed by atoms with Crippen molar-refractivity contribution < 1.29 is 60.9 Å². The van der Waals surface area contributed by atoms with E-state index >= 15 is 8.78 Å². The Labute approximate surface area is 302 Å². The second-order valence-electron chi connectivity index (χ2n) is 13.1. The monoisotopic (exact) mass is 770 g/mol. The van der Waals surface area contributed by atoms with Crippen LogP contribution >= 0.6 is 23.2 Å². The number of ether oxygens (including phenoxy) is 1. The number of unbranched alkanes of at least 4 members (excludes halogenated alkanes) is 2. The molecule has 2 aromatic carbocycles. The quantitative estimate of drug-likeness (QED) is 0.0584. The number of imide groups is 2. The van der Waals surface area contributed by atoms with E-state index < -0.39 is 104 Å². The number of methoxy groups -OCH3 is 1. The highest BCUT2D eigenvalue weighted by Crippen LogP contribution is 2.64. The number of fused-ring (bicyclic) bond motifs is 4. The zero-order valence-corrected chi connectivity index (χ0v) is 28.6. The number of carbonyl (C=O) groups is 5. The van der Waals surface area contributed by atoms with E-state index in [9.17, 15) is 42.3 Å². The minimum absolute atomic E-state index is 0.0142. The van der Waals surface area contributed by atoms with Gasteiger partial charge in [-0.05, 0) is 49.3 Å². The number of aromatic hydroxyl groups is 1. The van der Waals surface area contributed by atoms with Crippen LogP contribution in [0.15, 0.2) is 35.9 Å². The van der Waals surface area contributed by atoms with Gasteiger partial charge in [0.2, 0.25) is 17.6 Å². The molecule has 52 heavy (non-hydrogen) atoms. The largest absolute Gasteiger partial charge is 0.504 e. The lowest BCUT2D eigenvalue weighted by molar-refractivity contribution is -0.141. The van der Waals surface area contributed by atoms with Crippen molar-refractivity contribution in [3.63, 3.8) is 0 Å². The van der Waals surface area contributed by atoms with Crippen molar-refractivity contribution in [1.82, 2.24) is 4.90 Å². The Morgan fingerprint density at radius 3 is 2.23 bits per heavy atom. The van der Waals surface area contributed by atoms with Gasteiger partial charge in [-0.2, -0.15) is 0 Å². The number of rotatable bonds is 10. The number of likely N-dealkylation sites (tertiary alicyclic amines) is 1. The van der Waals surface area contributed by atoms with Crippen molar-refractivity contribution in [2.45, 2.75) is 48.3 Å². The van der Waals surface area contributed by atoms with E-state index in [0.29, 0.717) is 24.8 Å². The molecule has 276 valence electrons. The number of carbonyl (C=O) groups excluding carboxylic acids is 4. The van der Waals surface area contributed by atoms with Gasteiger partial charge in [0.05, 0.1) is 18.9 Å². The van der Waals surface area contributed by atoms with Crippen LogP contribution in [0.2, 0.25) is 0 Å². The van der Waals surface area contributed by atoms with E-state index in [1.807, 2.05) is 0 Å². The van der Waals surface area contributed by atoms with E-state index in [0.717, 1.165) is 4.90 Å². The van der Waals surface area contributed by atoms with Gasteiger partial charge in [0.15, 0.2) is 44.5 Å². The predicted octanol–water partition coefficient (Wildman–Crippen LogP) is 5.85. The third-order valence-electron chi connectivity index (χ3n) is 10.3. The summed E-state index contributed by atoms with van der Waals surface area (Å²) in [6.45, 7) is -0.0186. The maximum absolute atomic E-state index is 15.2. The SMILES string of the molecule is COc1cc(C=C[C@H]2C3=CC[C@@H]4C(=O)N(CCCCCC(=O)O)C(=O)[C@@H]4[C@@H]3C[C@@]3(Cl)C(=O)N(c4c(F)c(F)c(F)c(F)c4F)C(=O)[C@@]23Cl)ccc1O. The van der Waals surface area contributed by atoms with E-state index in [2.05, 4.69) is 0 Å². The molecule has 6 rings (SSSR count). The number of halogens is 7. The number of anilines is 1. The molecule has 0 aromatic heterocycles. The molecule has 2 aliphatic heterocycles. The molecule has 3 fully saturated rings. The normalized spacial score (nSPS) is 28.3. The third-order valence-corrected chi connectivity index (χ3v) is 11.8. The second-order valence-corrected chi connectivity index (χ2v) is 14.3. The van der Waals surface area contributed by atoms with Gasteiger partial charge in [-0.1, -0.05) is 36.3 Å². The van der Waals surface area contributed by atoms with Gasteiger partial charge in [-0.15, -0.1) is 23.2 Å². The average Bonchev–Trinajstić information content (AvgIpc) is 3.44. The summed E-state index contributed by atoms with van der Waals surface area (Å²) in [5, 5.41) is 19.0. The fourth-order valence-corrected chi connectivity index (χ4v) is 8.72. The molecule has 0 spiro atoms. The molecule has 4 aliphatic rings. The number of aliphatic carboxylic acids is 1. The lowest BCUT2D eigenvalue weighted by Crippen LogP contribution is -2.60. The van der Waals surface area contributed by atoms with Crippen molar-refractivity contribution in [3.8, 4) is 11.5 Å². The van der Waals surface area contributed by atoms with E-state index in [1.54, 1.807) is 6.08 Å².